The van der Waals surface area contributed by atoms with Gasteiger partial charge < -0.3 is 5.32 Å². The third kappa shape index (κ3) is 2.52. The molecule has 0 aromatic heterocycles. The number of nitro benzene ring substituents is 1. The van der Waals surface area contributed by atoms with Crippen LogP contribution in [0.1, 0.15) is 25.3 Å². The lowest BCUT2D eigenvalue weighted by Gasteiger charge is -2.26. The summed E-state index contributed by atoms with van der Waals surface area (Å²) in [4.78, 5) is 10.7. The Morgan fingerprint density at radius 2 is 1.77 bits per heavy atom. The van der Waals surface area contributed by atoms with E-state index in [1.54, 1.807) is 13.8 Å². The molecule has 0 aliphatic carbocycles. The number of nitro groups is 1. The number of nitrogens with zero attached hydrogens (tertiary/aromatic N) is 3. The van der Waals surface area contributed by atoms with Crippen molar-refractivity contribution in [1.29, 1.82) is 10.5 Å². The minimum Gasteiger partial charge on any atom is -0.361 e. The highest BCUT2D eigenvalue weighted by Crippen LogP contribution is 2.41. The fourth-order valence-electron chi connectivity index (χ4n) is 2.52. The smallest absolute Gasteiger partial charge is 0.273 e. The van der Waals surface area contributed by atoms with E-state index in [0.717, 1.165) is 0 Å². The molecule has 2 rings (SSSR count). The molecule has 7 heteroatoms. The van der Waals surface area contributed by atoms with Gasteiger partial charge in [0.15, 0.2) is 0 Å². The van der Waals surface area contributed by atoms with Gasteiger partial charge in [-0.05, 0) is 26.0 Å². The van der Waals surface area contributed by atoms with Gasteiger partial charge in [-0.1, -0.05) is 11.6 Å². The number of nitriles is 2. The first-order valence-corrected chi connectivity index (χ1v) is 6.71. The van der Waals surface area contributed by atoms with Gasteiger partial charge in [0.05, 0.1) is 34.1 Å². The van der Waals surface area contributed by atoms with E-state index in [0.29, 0.717) is 16.4 Å². The summed E-state index contributed by atoms with van der Waals surface area (Å²) in [5, 5.41) is 33.4. The summed E-state index contributed by atoms with van der Waals surface area (Å²) >= 11 is 5.96. The molecule has 1 aliphatic heterocycles. The van der Waals surface area contributed by atoms with Crippen LogP contribution in [0.15, 0.2) is 40.7 Å². The van der Waals surface area contributed by atoms with Gasteiger partial charge in [0.2, 0.25) is 0 Å². The van der Waals surface area contributed by atoms with E-state index < -0.39 is 10.8 Å². The molecule has 1 aliphatic rings. The predicted molar refractivity (Wildman–Crippen MR) is 80.6 cm³/mol. The molecule has 0 radical (unpaired) electrons. The summed E-state index contributed by atoms with van der Waals surface area (Å²) < 4.78 is 0. The Balaban J connectivity index is 2.80. The first-order chi connectivity index (χ1) is 10.4. The van der Waals surface area contributed by atoms with Crippen molar-refractivity contribution in [2.45, 2.75) is 19.8 Å². The van der Waals surface area contributed by atoms with Crippen LogP contribution in [0.2, 0.25) is 5.02 Å². The first kappa shape index (κ1) is 15.6. The molecule has 0 bridgehead atoms. The van der Waals surface area contributed by atoms with Gasteiger partial charge in [-0.3, -0.25) is 10.1 Å². The number of dihydropyridines is 1. The molecule has 0 atom stereocenters. The summed E-state index contributed by atoms with van der Waals surface area (Å²) in [7, 11) is 0. The van der Waals surface area contributed by atoms with E-state index in [4.69, 9.17) is 11.6 Å². The molecule has 0 amide bonds. The molecule has 0 unspecified atom stereocenters. The Kier molecular flexibility index (Phi) is 4.16. The molecule has 6 nitrogen and oxygen atoms in total. The van der Waals surface area contributed by atoms with Gasteiger partial charge in [0.1, 0.15) is 0 Å². The summed E-state index contributed by atoms with van der Waals surface area (Å²) in [6, 6.07) is 8.21. The van der Waals surface area contributed by atoms with Crippen molar-refractivity contribution in [2.24, 2.45) is 0 Å². The average molecular weight is 315 g/mol. The Bertz CT molecular complexity index is 776. The zero-order chi connectivity index (χ0) is 16.4. The van der Waals surface area contributed by atoms with Gasteiger partial charge in [-0.2, -0.15) is 10.5 Å². The van der Waals surface area contributed by atoms with Crippen molar-refractivity contribution in [3.8, 4) is 12.1 Å². The van der Waals surface area contributed by atoms with Crippen LogP contribution in [0.25, 0.3) is 0 Å². The lowest BCUT2D eigenvalue weighted by Crippen LogP contribution is -2.23. The summed E-state index contributed by atoms with van der Waals surface area (Å²) in [5.41, 5.74) is 1.75. The van der Waals surface area contributed by atoms with E-state index in [9.17, 15) is 20.6 Å². The Morgan fingerprint density at radius 3 is 2.23 bits per heavy atom. The first-order valence-electron chi connectivity index (χ1n) is 6.33. The average Bonchev–Trinajstić information content (AvgIpc) is 2.46. The van der Waals surface area contributed by atoms with Crippen LogP contribution in [0.5, 0.6) is 0 Å². The molecule has 1 aromatic rings. The quantitative estimate of drug-likeness (QED) is 0.664. The zero-order valence-electron chi connectivity index (χ0n) is 11.8. The predicted octanol–water partition coefficient (Wildman–Crippen LogP) is 3.53. The van der Waals surface area contributed by atoms with Gasteiger partial charge in [0.25, 0.3) is 5.69 Å². The number of hydrogen-bond donors (Lipinski definition) is 1. The molecule has 1 heterocycles. The number of nitrogens with one attached hydrogen (secondary N) is 1. The van der Waals surface area contributed by atoms with Gasteiger partial charge in [-0.15, -0.1) is 0 Å². The van der Waals surface area contributed by atoms with Crippen LogP contribution in [-0.2, 0) is 0 Å². The van der Waals surface area contributed by atoms with Crippen molar-refractivity contribution < 1.29 is 4.92 Å². The van der Waals surface area contributed by atoms with Crippen molar-refractivity contribution in [2.75, 3.05) is 0 Å². The molecule has 1 N–H and O–H groups in total. The van der Waals surface area contributed by atoms with Crippen molar-refractivity contribution in [3.63, 3.8) is 0 Å². The second-order valence-electron chi connectivity index (χ2n) is 4.82. The summed E-state index contributed by atoms with van der Waals surface area (Å²) in [6.45, 7) is 3.39. The summed E-state index contributed by atoms with van der Waals surface area (Å²) in [5.74, 6) is -0.796. The minimum atomic E-state index is -0.796. The molecular weight excluding hydrogens is 304 g/mol. The van der Waals surface area contributed by atoms with Crippen LogP contribution in [0.4, 0.5) is 5.69 Å². The lowest BCUT2D eigenvalue weighted by molar-refractivity contribution is -0.385. The van der Waals surface area contributed by atoms with Crippen molar-refractivity contribution >= 4 is 17.3 Å². The maximum absolute atomic E-state index is 11.3. The van der Waals surface area contributed by atoms with Crippen LogP contribution in [-0.4, -0.2) is 4.92 Å². The third-order valence-electron chi connectivity index (χ3n) is 3.50. The Hall–Kier alpha value is -2.83. The van der Waals surface area contributed by atoms with E-state index in [1.165, 1.54) is 18.2 Å². The normalized spacial score (nSPS) is 15.1. The number of rotatable bonds is 2. The molecule has 0 fully saturated rings. The molecule has 0 saturated heterocycles. The largest absolute Gasteiger partial charge is 0.361 e. The van der Waals surface area contributed by atoms with Gasteiger partial charge in [-0.25, -0.2) is 0 Å². The monoisotopic (exact) mass is 314 g/mol. The van der Waals surface area contributed by atoms with E-state index in [1.807, 2.05) is 12.1 Å². The molecule has 0 saturated carbocycles. The van der Waals surface area contributed by atoms with Gasteiger partial charge in [0, 0.05) is 28.0 Å². The molecular formula is C15H11ClN4O2. The summed E-state index contributed by atoms with van der Waals surface area (Å²) in [6.07, 6.45) is 0. The van der Waals surface area contributed by atoms with Crippen LogP contribution >= 0.6 is 11.6 Å². The number of allylic oxidation sites excluding steroid dienone is 4. The van der Waals surface area contributed by atoms with Crippen LogP contribution in [0, 0.1) is 32.8 Å². The number of hydrogen-bond acceptors (Lipinski definition) is 5. The van der Waals surface area contributed by atoms with Crippen molar-refractivity contribution in [3.05, 3.63) is 61.4 Å². The number of benzene rings is 1. The van der Waals surface area contributed by atoms with E-state index >= 15 is 0 Å². The van der Waals surface area contributed by atoms with E-state index in [2.05, 4.69) is 5.32 Å². The Labute approximate surface area is 132 Å². The molecule has 110 valence electrons. The highest BCUT2D eigenvalue weighted by molar-refractivity contribution is 6.30. The fourth-order valence-corrected chi connectivity index (χ4v) is 2.70. The van der Waals surface area contributed by atoms with Gasteiger partial charge >= 0.3 is 0 Å². The van der Waals surface area contributed by atoms with Crippen LogP contribution in [0.3, 0.4) is 0 Å². The minimum absolute atomic E-state index is 0.169. The van der Waals surface area contributed by atoms with Crippen LogP contribution < -0.4 is 5.32 Å². The van der Waals surface area contributed by atoms with Crippen molar-refractivity contribution in [1.82, 2.24) is 5.32 Å². The molecule has 1 aromatic carbocycles. The zero-order valence-corrected chi connectivity index (χ0v) is 12.6. The second-order valence-corrected chi connectivity index (χ2v) is 5.26. The fraction of sp³-hybridized carbons (Fsp3) is 0.200. The standard InChI is InChI=1S/C15H11ClN4O2/c1-8-12(6-17)15(13(7-18)9(2)19-8)11-5-10(16)3-4-14(11)20(21)22/h3-5,15,19H,1-2H3. The topological polar surface area (TPSA) is 103 Å². The molecule has 22 heavy (non-hydrogen) atoms. The Morgan fingerprint density at radius 1 is 1.23 bits per heavy atom. The SMILES string of the molecule is CC1=C(C#N)C(c2cc(Cl)ccc2[N+](=O)[O-])C(C#N)=C(C)N1. The third-order valence-corrected chi connectivity index (χ3v) is 3.73. The van der Waals surface area contributed by atoms with E-state index in [-0.39, 0.29) is 22.4 Å². The molecule has 0 spiro atoms. The number of halogens is 1. The highest BCUT2D eigenvalue weighted by Gasteiger charge is 2.34. The lowest BCUT2D eigenvalue weighted by atomic mass is 9.81. The maximum atomic E-state index is 11.3. The highest BCUT2D eigenvalue weighted by atomic mass is 35.5. The second kappa shape index (κ2) is 5.88. The maximum Gasteiger partial charge on any atom is 0.273 e.